The molecule has 0 aliphatic rings. The molecule has 0 fully saturated rings. The molecule has 0 aliphatic heterocycles. The first-order valence-corrected chi connectivity index (χ1v) is 21.8. The minimum Gasteiger partial charge on any atom is -0.505 e. The second kappa shape index (κ2) is 32.3. The van der Waals surface area contributed by atoms with Crippen LogP contribution in [-0.4, -0.2) is 61.9 Å². The monoisotopic (exact) mass is 1020 g/mol. The van der Waals surface area contributed by atoms with Crippen molar-refractivity contribution in [3.63, 3.8) is 0 Å². The number of rotatable bonds is 11. The Labute approximate surface area is 405 Å². The number of benzene rings is 6. The van der Waals surface area contributed by atoms with Crippen LogP contribution in [0.2, 0.25) is 0 Å². The minimum atomic E-state index is -4.48. The van der Waals surface area contributed by atoms with Crippen molar-refractivity contribution in [2.45, 2.75) is 63.2 Å². The van der Waals surface area contributed by atoms with Gasteiger partial charge in [-0.25, -0.2) is 10.5 Å². The maximum absolute atomic E-state index is 11.3. The Kier molecular flexibility index (Phi) is 30.0. The second-order valence-electron chi connectivity index (χ2n) is 10.9. The molecule has 5 N–H and O–H groups in total. The molecule has 19 nitrogen and oxygen atoms in total. The van der Waals surface area contributed by atoms with E-state index in [1.807, 2.05) is 84.9 Å². The van der Waals surface area contributed by atoms with Gasteiger partial charge in [-0.2, -0.15) is 49.3 Å². The molecule has 0 saturated heterocycles. The van der Waals surface area contributed by atoms with Gasteiger partial charge < -0.3 is 10.2 Å². The Hall–Kier alpha value is -4.43. The molecule has 6 rings (SSSR count). The zero-order valence-corrected chi connectivity index (χ0v) is 42.4. The van der Waals surface area contributed by atoms with Crippen molar-refractivity contribution in [3.05, 3.63) is 90.5 Å². The summed E-state index contributed by atoms with van der Waals surface area (Å²) < 4.78 is 40.5. The van der Waals surface area contributed by atoms with Gasteiger partial charge in [0, 0.05) is 82.3 Å². The summed E-state index contributed by atoms with van der Waals surface area (Å²) in [7, 11) is 1.53. The normalized spacial score (nSPS) is 10.9. The van der Waals surface area contributed by atoms with E-state index in [-0.39, 0.29) is 55.6 Å². The van der Waals surface area contributed by atoms with Crippen LogP contribution in [0.5, 0.6) is 11.5 Å². The molecule has 0 aromatic heterocycles. The summed E-state index contributed by atoms with van der Waals surface area (Å²) in [5.74, 6) is -0.325. The smallest absolute Gasteiger partial charge is 0.296 e. The van der Waals surface area contributed by atoms with E-state index >= 15 is 0 Å². The van der Waals surface area contributed by atoms with Gasteiger partial charge in [-0.1, -0.05) is 119 Å². The summed E-state index contributed by atoms with van der Waals surface area (Å²) >= 11 is 1.58. The molecule has 0 atom stereocenters. The molecule has 0 aliphatic carbocycles. The molecule has 6 aromatic rings. The number of aryl methyl sites for hydroxylation is 1. The van der Waals surface area contributed by atoms with E-state index in [0.717, 1.165) is 45.8 Å². The maximum Gasteiger partial charge on any atom is 0.296 e. The van der Waals surface area contributed by atoms with Crippen molar-refractivity contribution in [3.8, 4) is 11.5 Å². The number of nitrogens with zero attached hydrogens (tertiary/aromatic N) is 8. The first kappa shape index (κ1) is 59.6. The molecule has 23 heteroatoms. The quantitative estimate of drug-likeness (QED) is 0.0202. The van der Waals surface area contributed by atoms with Crippen LogP contribution in [-0.2, 0) is 61.6 Å². The van der Waals surface area contributed by atoms with E-state index in [0.29, 0.717) is 37.3 Å². The van der Waals surface area contributed by atoms with Crippen LogP contribution in [0.25, 0.3) is 32.3 Å². The zero-order valence-electron chi connectivity index (χ0n) is 37.1. The van der Waals surface area contributed by atoms with Gasteiger partial charge in [0.15, 0.2) is 11.5 Å². The molecular formula is C41H51N8O11S3Y-. The number of phenols is 2. The molecular weight excluding hydrogens is 966 g/mol. The summed E-state index contributed by atoms with van der Waals surface area (Å²) in [4.78, 5) is 0.674. The Morgan fingerprint density at radius 3 is 1.48 bits per heavy atom. The van der Waals surface area contributed by atoms with Gasteiger partial charge in [0.1, 0.15) is 16.3 Å². The van der Waals surface area contributed by atoms with Crippen LogP contribution in [0.4, 0.5) is 22.7 Å². The number of phenolic OH excluding ortho intramolecular Hbond substituents is 2. The third-order valence-corrected chi connectivity index (χ3v) is 9.63. The van der Waals surface area contributed by atoms with Gasteiger partial charge in [0.05, 0.1) is 34.7 Å². The van der Waals surface area contributed by atoms with E-state index < -0.39 is 15.0 Å². The number of hydrogen-bond donors (Lipinski definition) is 5. The Bertz CT molecular complexity index is 2600. The largest absolute Gasteiger partial charge is 0.505 e. The summed E-state index contributed by atoms with van der Waals surface area (Å²) in [6.07, 6.45) is 0. The van der Waals surface area contributed by atoms with Gasteiger partial charge in [0.2, 0.25) is 0 Å². The van der Waals surface area contributed by atoms with Crippen LogP contribution in [0.15, 0.2) is 134 Å². The van der Waals surface area contributed by atoms with Gasteiger partial charge in [-0.3, -0.25) is 4.55 Å². The van der Waals surface area contributed by atoms with Crippen molar-refractivity contribution in [1.82, 2.24) is 0 Å². The average Bonchev–Trinajstić information content (AvgIpc) is 3.30. The molecule has 1 radical (unpaired) electrons. The van der Waals surface area contributed by atoms with E-state index in [1.54, 1.807) is 50.5 Å². The number of aromatic hydroxyl groups is 2. The van der Waals surface area contributed by atoms with Gasteiger partial charge >= 0.3 is 0 Å². The van der Waals surface area contributed by atoms with E-state index in [1.165, 1.54) is 20.2 Å². The van der Waals surface area contributed by atoms with Crippen molar-refractivity contribution in [1.29, 1.82) is 0 Å². The summed E-state index contributed by atoms with van der Waals surface area (Å²) in [5.41, 5.74) is 2.13. The molecule has 6 aromatic carbocycles. The summed E-state index contributed by atoms with van der Waals surface area (Å²) in [6.45, 7) is 13.9. The zero-order chi connectivity index (χ0) is 47.5. The van der Waals surface area contributed by atoms with Crippen LogP contribution in [0.3, 0.4) is 0 Å². The Morgan fingerprint density at radius 1 is 0.578 bits per heavy atom. The number of fused-ring (bicyclic) bond motifs is 3. The fraction of sp³-hybridized carbons (Fsp3) is 0.268. The van der Waals surface area contributed by atoms with Crippen molar-refractivity contribution in [2.75, 3.05) is 28.2 Å². The first-order chi connectivity index (χ1) is 30.4. The second-order valence-corrected chi connectivity index (χ2v) is 13.7. The average molecular weight is 1020 g/mol. The maximum atomic E-state index is 11.3. The van der Waals surface area contributed by atoms with Gasteiger partial charge in [-0.05, 0) is 22.9 Å². The van der Waals surface area contributed by atoms with Crippen LogP contribution in [0, 0.1) is 13.0 Å². The number of azo groups is 4. The van der Waals surface area contributed by atoms with E-state index in [4.69, 9.17) is 15.1 Å². The third kappa shape index (κ3) is 16.9. The first-order valence-electron chi connectivity index (χ1n) is 18.9. The molecule has 343 valence electrons. The standard InChI is InChI=1S/C13H13N4O3S.2C11H10N2O4S.3C2H6.Y/c1-8-11-7-10(16-14-2)5-4-9(11)6-12(21-20-19-18)13(8)17-15-3;1-12-13-10-9(18(15,16)17)6-7-4-2-3-5-8(7)11(10)14;1-12-13-10-9(18-17-16-15)6-7-4-2-3-5-8(7)11(10)14;3*1-2;/h4-6,18H,1-3H3;2-6,14H,1H3,(H,15,16,17);2-6,14-15H,1H3;3*1-2H3;/q-1;;;;;;. The topological polar surface area (TPSA) is 271 Å². The molecule has 0 heterocycles. The Morgan fingerprint density at radius 2 is 1.00 bits per heavy atom. The summed E-state index contributed by atoms with van der Waals surface area (Å²) in [5, 5.41) is 78.1. The van der Waals surface area contributed by atoms with Gasteiger partial charge in [0.25, 0.3) is 10.1 Å². The van der Waals surface area contributed by atoms with Crippen LogP contribution in [0.1, 0.15) is 47.1 Å². The number of hydrogen-bond acceptors (Lipinski definition) is 20. The molecule has 0 amide bonds. The molecule has 0 saturated carbocycles. The fourth-order valence-electron chi connectivity index (χ4n) is 5.23. The SMILES string of the molecule is CC.CC.CC.CN=Nc1[c-]c2c(C)c(N=NC)c(SOOO)cc2cc1.CN=Nc1c(S(=O)(=O)O)cc2ccccc2c1O.CN=Nc1c(SOOO)cc2ccccc2c1O.[Y]. The molecule has 0 spiro atoms. The minimum absolute atomic E-state index is 0. The molecule has 64 heavy (non-hydrogen) atoms. The van der Waals surface area contributed by atoms with Gasteiger partial charge in [-0.15, -0.1) is 37.6 Å². The van der Waals surface area contributed by atoms with E-state index in [9.17, 15) is 18.6 Å². The van der Waals surface area contributed by atoms with Crippen molar-refractivity contribution < 1.29 is 85.2 Å². The summed E-state index contributed by atoms with van der Waals surface area (Å²) in [6, 6.07) is 25.6. The van der Waals surface area contributed by atoms with Crippen molar-refractivity contribution >= 4 is 89.3 Å². The molecule has 0 unspecified atom stereocenters. The predicted octanol–water partition coefficient (Wildman–Crippen LogP) is 14.1. The molecule has 0 bridgehead atoms. The predicted molar refractivity (Wildman–Crippen MR) is 246 cm³/mol. The van der Waals surface area contributed by atoms with E-state index in [2.05, 4.69) is 65.7 Å². The van der Waals surface area contributed by atoms with Crippen LogP contribution >= 0.6 is 24.1 Å². The van der Waals surface area contributed by atoms with Crippen LogP contribution < -0.4 is 0 Å². The fourth-order valence-corrected chi connectivity index (χ4v) is 6.94. The third-order valence-electron chi connectivity index (χ3n) is 7.53. The van der Waals surface area contributed by atoms with Crippen molar-refractivity contribution in [2.24, 2.45) is 40.9 Å². The Balaban J connectivity index is 0.000000873.